The highest BCUT2D eigenvalue weighted by Crippen LogP contribution is 2.40. The number of hydrogen-bond acceptors (Lipinski definition) is 3. The minimum absolute atomic E-state index is 0.120. The summed E-state index contributed by atoms with van der Waals surface area (Å²) in [5.41, 5.74) is 5.37. The van der Waals surface area contributed by atoms with Crippen LogP contribution in [0.15, 0.2) is 0 Å². The lowest BCUT2D eigenvalue weighted by atomic mass is 9.83. The van der Waals surface area contributed by atoms with E-state index in [9.17, 15) is 4.79 Å². The van der Waals surface area contributed by atoms with E-state index in [0.29, 0.717) is 12.0 Å². The van der Waals surface area contributed by atoms with Crippen LogP contribution in [0.3, 0.4) is 0 Å². The van der Waals surface area contributed by atoms with Crippen molar-refractivity contribution in [3.63, 3.8) is 0 Å². The number of rotatable bonds is 9. The van der Waals surface area contributed by atoms with Crippen molar-refractivity contribution in [3.05, 3.63) is 0 Å². The first kappa shape index (κ1) is 15.8. The Morgan fingerprint density at radius 3 is 2.60 bits per heavy atom. The molecule has 0 spiro atoms. The van der Waals surface area contributed by atoms with Crippen LogP contribution in [0, 0.1) is 5.92 Å². The van der Waals surface area contributed by atoms with Gasteiger partial charge in [-0.05, 0) is 64.1 Å². The van der Waals surface area contributed by atoms with Crippen molar-refractivity contribution < 1.29 is 4.79 Å². The van der Waals surface area contributed by atoms with Crippen LogP contribution in [-0.2, 0) is 4.79 Å². The molecule has 0 radical (unpaired) electrons. The van der Waals surface area contributed by atoms with Crippen LogP contribution in [0.2, 0.25) is 0 Å². The second kappa shape index (κ2) is 6.90. The Kier molecular flexibility index (Phi) is 5.44. The van der Waals surface area contributed by atoms with Crippen molar-refractivity contribution in [3.8, 4) is 0 Å². The van der Waals surface area contributed by atoms with Crippen LogP contribution >= 0.6 is 0 Å². The maximum absolute atomic E-state index is 12.1. The van der Waals surface area contributed by atoms with Crippen LogP contribution in [0.25, 0.3) is 0 Å². The van der Waals surface area contributed by atoms with Gasteiger partial charge >= 0.3 is 0 Å². The average molecular weight is 281 g/mol. The number of primary amides is 1. The van der Waals surface area contributed by atoms with E-state index in [0.717, 1.165) is 45.3 Å². The highest BCUT2D eigenvalue weighted by atomic mass is 16.1. The number of hydrogen-bond donors (Lipinski definition) is 2. The Balaban J connectivity index is 1.95. The summed E-state index contributed by atoms with van der Waals surface area (Å²) in [7, 11) is 0. The van der Waals surface area contributed by atoms with Crippen molar-refractivity contribution in [1.82, 2.24) is 10.2 Å². The Hall–Kier alpha value is -0.610. The molecule has 1 amide bonds. The van der Waals surface area contributed by atoms with Crippen LogP contribution in [-0.4, -0.2) is 42.0 Å². The van der Waals surface area contributed by atoms with Gasteiger partial charge in [-0.3, -0.25) is 4.79 Å². The molecule has 116 valence electrons. The van der Waals surface area contributed by atoms with Gasteiger partial charge in [0.05, 0.1) is 0 Å². The molecule has 0 heterocycles. The fraction of sp³-hybridized carbons (Fsp3) is 0.938. The molecule has 2 rings (SSSR count). The first-order valence-electron chi connectivity index (χ1n) is 8.42. The predicted octanol–water partition coefficient (Wildman–Crippen LogP) is 1.88. The van der Waals surface area contributed by atoms with Crippen molar-refractivity contribution >= 4 is 5.91 Å². The average Bonchev–Trinajstić information content (AvgIpc) is 3.14. The summed E-state index contributed by atoms with van der Waals surface area (Å²) in [5.74, 6) is 0.303. The molecule has 0 bridgehead atoms. The summed E-state index contributed by atoms with van der Waals surface area (Å²) in [5, 5.41) is 3.60. The van der Waals surface area contributed by atoms with E-state index in [1.807, 2.05) is 0 Å². The Morgan fingerprint density at radius 1 is 1.30 bits per heavy atom. The molecule has 4 heteroatoms. The Bertz CT molecular complexity index is 330. The van der Waals surface area contributed by atoms with Crippen LogP contribution < -0.4 is 11.1 Å². The van der Waals surface area contributed by atoms with Crippen molar-refractivity contribution in [2.75, 3.05) is 19.6 Å². The monoisotopic (exact) mass is 281 g/mol. The summed E-state index contributed by atoms with van der Waals surface area (Å²) in [4.78, 5) is 14.6. The van der Waals surface area contributed by atoms with E-state index in [4.69, 9.17) is 5.73 Å². The fourth-order valence-electron chi connectivity index (χ4n) is 3.73. The standard InChI is InChI=1S/C16H31N3O/c1-3-11-19(4-2)12-9-13-6-5-10-16(13,15(17)20)18-14-7-8-14/h13-14,18H,3-12H2,1-2H3,(H2,17,20). The van der Waals surface area contributed by atoms with E-state index >= 15 is 0 Å². The van der Waals surface area contributed by atoms with Gasteiger partial charge in [-0.2, -0.15) is 0 Å². The first-order valence-corrected chi connectivity index (χ1v) is 8.42. The van der Waals surface area contributed by atoms with Gasteiger partial charge in [0.15, 0.2) is 0 Å². The van der Waals surface area contributed by atoms with Crippen molar-refractivity contribution in [2.24, 2.45) is 11.7 Å². The van der Waals surface area contributed by atoms with Gasteiger partial charge in [0.1, 0.15) is 5.54 Å². The molecule has 2 atom stereocenters. The van der Waals surface area contributed by atoms with E-state index in [1.165, 1.54) is 19.3 Å². The van der Waals surface area contributed by atoms with Gasteiger partial charge in [-0.1, -0.05) is 20.3 Å². The van der Waals surface area contributed by atoms with Gasteiger partial charge in [-0.15, -0.1) is 0 Å². The zero-order valence-electron chi connectivity index (χ0n) is 13.2. The summed E-state index contributed by atoms with van der Waals surface area (Å²) >= 11 is 0. The van der Waals surface area contributed by atoms with Crippen LogP contribution in [0.5, 0.6) is 0 Å². The Labute approximate surface area is 123 Å². The maximum atomic E-state index is 12.1. The third kappa shape index (κ3) is 3.53. The predicted molar refractivity (Wildman–Crippen MR) is 82.4 cm³/mol. The van der Waals surface area contributed by atoms with Gasteiger partial charge in [-0.25, -0.2) is 0 Å². The minimum atomic E-state index is -0.410. The Morgan fingerprint density at radius 2 is 2.05 bits per heavy atom. The molecule has 0 aliphatic heterocycles. The summed E-state index contributed by atoms with van der Waals surface area (Å²) in [6.07, 6.45) is 7.91. The SMILES string of the molecule is CCCN(CC)CCC1CCCC1(NC1CC1)C(N)=O. The number of nitrogens with zero attached hydrogens (tertiary/aromatic N) is 1. The van der Waals surface area contributed by atoms with Crippen LogP contribution in [0.1, 0.15) is 58.8 Å². The van der Waals surface area contributed by atoms with Crippen molar-refractivity contribution in [1.29, 1.82) is 0 Å². The van der Waals surface area contributed by atoms with Gasteiger partial charge in [0.25, 0.3) is 0 Å². The molecular weight excluding hydrogens is 250 g/mol. The lowest BCUT2D eigenvalue weighted by Crippen LogP contribution is -2.59. The van der Waals surface area contributed by atoms with Crippen LogP contribution in [0.4, 0.5) is 0 Å². The molecule has 2 saturated carbocycles. The highest BCUT2D eigenvalue weighted by Gasteiger charge is 2.49. The fourth-order valence-corrected chi connectivity index (χ4v) is 3.73. The topological polar surface area (TPSA) is 58.4 Å². The zero-order chi connectivity index (χ0) is 14.6. The molecule has 2 unspecified atom stereocenters. The smallest absolute Gasteiger partial charge is 0.238 e. The quantitative estimate of drug-likeness (QED) is 0.678. The highest BCUT2D eigenvalue weighted by molar-refractivity contribution is 5.85. The second-order valence-corrected chi connectivity index (χ2v) is 6.57. The lowest BCUT2D eigenvalue weighted by molar-refractivity contribution is -0.126. The largest absolute Gasteiger partial charge is 0.368 e. The normalized spacial score (nSPS) is 30.1. The summed E-state index contributed by atoms with van der Waals surface area (Å²) in [6.45, 7) is 7.79. The number of nitrogens with one attached hydrogen (secondary N) is 1. The molecule has 0 aromatic rings. The maximum Gasteiger partial charge on any atom is 0.238 e. The molecule has 2 aliphatic carbocycles. The van der Waals surface area contributed by atoms with Gasteiger partial charge < -0.3 is 16.0 Å². The molecule has 2 aliphatic rings. The molecule has 3 N–H and O–H groups in total. The number of carbonyl (C=O) groups excluding carboxylic acids is 1. The van der Waals surface area contributed by atoms with E-state index in [-0.39, 0.29) is 5.91 Å². The number of nitrogens with two attached hydrogens (primary N) is 1. The van der Waals surface area contributed by atoms with E-state index < -0.39 is 5.54 Å². The second-order valence-electron chi connectivity index (χ2n) is 6.57. The van der Waals surface area contributed by atoms with Crippen molar-refractivity contribution in [2.45, 2.75) is 70.4 Å². The molecule has 20 heavy (non-hydrogen) atoms. The molecule has 0 saturated heterocycles. The van der Waals surface area contributed by atoms with Gasteiger partial charge in [0.2, 0.25) is 5.91 Å². The summed E-state index contributed by atoms with van der Waals surface area (Å²) < 4.78 is 0. The molecule has 0 aromatic carbocycles. The third-order valence-electron chi connectivity index (χ3n) is 5.08. The molecule has 4 nitrogen and oxygen atoms in total. The lowest BCUT2D eigenvalue weighted by Gasteiger charge is -2.35. The summed E-state index contributed by atoms with van der Waals surface area (Å²) in [6, 6.07) is 0.543. The number of carbonyl (C=O) groups is 1. The minimum Gasteiger partial charge on any atom is -0.368 e. The van der Waals surface area contributed by atoms with Gasteiger partial charge in [0, 0.05) is 6.04 Å². The number of amides is 1. The first-order chi connectivity index (χ1) is 9.62. The third-order valence-corrected chi connectivity index (χ3v) is 5.08. The zero-order valence-corrected chi connectivity index (χ0v) is 13.2. The van der Waals surface area contributed by atoms with E-state index in [1.54, 1.807) is 0 Å². The molecule has 0 aromatic heterocycles. The molecule has 2 fully saturated rings. The van der Waals surface area contributed by atoms with E-state index in [2.05, 4.69) is 24.1 Å². The molecular formula is C16H31N3O.